The summed E-state index contributed by atoms with van der Waals surface area (Å²) in [5, 5.41) is 4.10. The number of nitrogens with zero attached hydrogens (tertiary/aromatic N) is 5. The maximum Gasteiger partial charge on any atom is 0.228 e. The van der Waals surface area contributed by atoms with Crippen LogP contribution >= 0.6 is 0 Å². The predicted molar refractivity (Wildman–Crippen MR) is 82.9 cm³/mol. The van der Waals surface area contributed by atoms with E-state index >= 15 is 0 Å². The van der Waals surface area contributed by atoms with Crippen molar-refractivity contribution in [2.45, 2.75) is 13.0 Å². The van der Waals surface area contributed by atoms with Gasteiger partial charge in [-0.1, -0.05) is 0 Å². The second-order valence-corrected chi connectivity index (χ2v) is 6.26. The molecule has 0 saturated carbocycles. The molecule has 0 radical (unpaired) electrons. The van der Waals surface area contributed by atoms with Crippen molar-refractivity contribution in [1.82, 2.24) is 24.5 Å². The van der Waals surface area contributed by atoms with Crippen molar-refractivity contribution < 1.29 is 9.59 Å². The Labute approximate surface area is 131 Å². The molecule has 0 aliphatic carbocycles. The van der Waals surface area contributed by atoms with Gasteiger partial charge in [-0.15, -0.1) is 0 Å². The lowest BCUT2D eigenvalue weighted by Crippen LogP contribution is -2.36. The molecule has 1 atom stereocenters. The summed E-state index contributed by atoms with van der Waals surface area (Å²) in [7, 11) is 7.58. The van der Waals surface area contributed by atoms with E-state index in [1.54, 1.807) is 27.7 Å². The first-order valence-electron chi connectivity index (χ1n) is 7.52. The Hall–Kier alpha value is -1.89. The van der Waals surface area contributed by atoms with Gasteiger partial charge in [0, 0.05) is 58.5 Å². The first kappa shape index (κ1) is 16.5. The van der Waals surface area contributed by atoms with Gasteiger partial charge in [0.1, 0.15) is 0 Å². The SMILES string of the molecule is CN(C)CCN1C[C@H](C(=O)N(C)Cc2cnn(C)c2)CC1=O. The average Bonchev–Trinajstić information content (AvgIpc) is 3.01. The Morgan fingerprint density at radius 1 is 1.41 bits per heavy atom. The van der Waals surface area contributed by atoms with E-state index in [9.17, 15) is 9.59 Å². The molecule has 7 heteroatoms. The van der Waals surface area contributed by atoms with Crippen LogP contribution in [0.3, 0.4) is 0 Å². The number of aromatic nitrogens is 2. The van der Waals surface area contributed by atoms with Crippen LogP contribution < -0.4 is 0 Å². The molecular weight excluding hydrogens is 282 g/mol. The number of amides is 2. The van der Waals surface area contributed by atoms with Gasteiger partial charge in [-0.3, -0.25) is 14.3 Å². The molecule has 122 valence electrons. The van der Waals surface area contributed by atoms with Crippen LogP contribution in [0, 0.1) is 5.92 Å². The molecule has 22 heavy (non-hydrogen) atoms. The smallest absolute Gasteiger partial charge is 0.228 e. The van der Waals surface area contributed by atoms with Gasteiger partial charge in [-0.05, 0) is 14.1 Å². The summed E-state index contributed by atoms with van der Waals surface area (Å²) in [5.74, 6) is -0.115. The van der Waals surface area contributed by atoms with Gasteiger partial charge in [0.15, 0.2) is 0 Å². The van der Waals surface area contributed by atoms with Gasteiger partial charge in [-0.25, -0.2) is 0 Å². The van der Waals surface area contributed by atoms with E-state index < -0.39 is 0 Å². The Morgan fingerprint density at radius 2 is 2.14 bits per heavy atom. The molecule has 1 aromatic heterocycles. The zero-order valence-corrected chi connectivity index (χ0v) is 13.8. The van der Waals surface area contributed by atoms with Gasteiger partial charge in [0.25, 0.3) is 0 Å². The van der Waals surface area contributed by atoms with Crippen LogP contribution in [0.5, 0.6) is 0 Å². The quantitative estimate of drug-likeness (QED) is 0.729. The number of carbonyl (C=O) groups is 2. The molecule has 0 aromatic carbocycles. The van der Waals surface area contributed by atoms with Crippen LogP contribution in [0.25, 0.3) is 0 Å². The molecule has 0 bridgehead atoms. The largest absolute Gasteiger partial charge is 0.341 e. The van der Waals surface area contributed by atoms with E-state index in [0.717, 1.165) is 12.1 Å². The van der Waals surface area contributed by atoms with E-state index in [0.29, 0.717) is 26.1 Å². The normalized spacial score (nSPS) is 18.3. The molecule has 0 spiro atoms. The lowest BCUT2D eigenvalue weighted by molar-refractivity contribution is -0.135. The Kier molecular flexibility index (Phi) is 5.18. The van der Waals surface area contributed by atoms with Crippen molar-refractivity contribution in [2.75, 3.05) is 40.8 Å². The molecule has 0 unspecified atom stereocenters. The highest BCUT2D eigenvalue weighted by molar-refractivity contribution is 5.89. The number of likely N-dealkylation sites (N-methyl/N-ethyl adjacent to an activating group) is 1. The monoisotopic (exact) mass is 307 g/mol. The van der Waals surface area contributed by atoms with Gasteiger partial charge in [0.2, 0.25) is 11.8 Å². The average molecular weight is 307 g/mol. The summed E-state index contributed by atoms with van der Waals surface area (Å²) in [4.78, 5) is 30.0. The highest BCUT2D eigenvalue weighted by Gasteiger charge is 2.35. The van der Waals surface area contributed by atoms with Crippen molar-refractivity contribution in [1.29, 1.82) is 0 Å². The van der Waals surface area contributed by atoms with E-state index in [4.69, 9.17) is 0 Å². The fourth-order valence-corrected chi connectivity index (χ4v) is 2.69. The van der Waals surface area contributed by atoms with Crippen LogP contribution in [0.4, 0.5) is 0 Å². The van der Waals surface area contributed by atoms with Crippen LogP contribution in [0.1, 0.15) is 12.0 Å². The molecule has 7 nitrogen and oxygen atoms in total. The molecular formula is C15H25N5O2. The van der Waals surface area contributed by atoms with Crippen molar-refractivity contribution in [3.05, 3.63) is 18.0 Å². The molecule has 2 heterocycles. The van der Waals surface area contributed by atoms with Gasteiger partial charge >= 0.3 is 0 Å². The van der Waals surface area contributed by atoms with Crippen molar-refractivity contribution >= 4 is 11.8 Å². The Bertz CT molecular complexity index is 540. The molecule has 1 saturated heterocycles. The van der Waals surface area contributed by atoms with Crippen molar-refractivity contribution in [2.24, 2.45) is 13.0 Å². The molecule has 2 amide bonds. The topological polar surface area (TPSA) is 61.7 Å². The van der Waals surface area contributed by atoms with E-state index in [1.165, 1.54) is 0 Å². The third kappa shape index (κ3) is 4.07. The number of rotatable bonds is 6. The Balaban J connectivity index is 1.88. The summed E-state index contributed by atoms with van der Waals surface area (Å²) >= 11 is 0. The predicted octanol–water partition coefficient (Wildman–Crippen LogP) is -0.211. The van der Waals surface area contributed by atoms with E-state index in [2.05, 4.69) is 5.10 Å². The number of aryl methyl sites for hydroxylation is 1. The lowest BCUT2D eigenvalue weighted by atomic mass is 10.1. The van der Waals surface area contributed by atoms with Gasteiger partial charge in [0.05, 0.1) is 12.1 Å². The maximum atomic E-state index is 12.5. The summed E-state index contributed by atoms with van der Waals surface area (Å²) in [6.07, 6.45) is 3.98. The number of likely N-dealkylation sites (tertiary alicyclic amines) is 1. The third-order valence-corrected chi connectivity index (χ3v) is 3.94. The van der Waals surface area contributed by atoms with Crippen LogP contribution in [0.2, 0.25) is 0 Å². The highest BCUT2D eigenvalue weighted by Crippen LogP contribution is 2.20. The zero-order valence-electron chi connectivity index (χ0n) is 13.8. The van der Waals surface area contributed by atoms with Gasteiger partial charge in [-0.2, -0.15) is 5.10 Å². The second kappa shape index (κ2) is 6.91. The van der Waals surface area contributed by atoms with Crippen LogP contribution in [-0.2, 0) is 23.2 Å². The molecule has 0 N–H and O–H groups in total. The minimum atomic E-state index is -0.226. The minimum absolute atomic E-state index is 0.0320. The van der Waals surface area contributed by atoms with Gasteiger partial charge < -0.3 is 14.7 Å². The lowest BCUT2D eigenvalue weighted by Gasteiger charge is -2.21. The summed E-state index contributed by atoms with van der Waals surface area (Å²) in [5.41, 5.74) is 0.993. The number of carbonyl (C=O) groups excluding carboxylic acids is 2. The first-order valence-corrected chi connectivity index (χ1v) is 7.52. The van der Waals surface area contributed by atoms with Crippen LogP contribution in [-0.4, -0.2) is 77.1 Å². The molecule has 2 rings (SSSR count). The zero-order chi connectivity index (χ0) is 16.3. The molecule has 1 aliphatic rings. The summed E-state index contributed by atoms with van der Waals surface area (Å²) < 4.78 is 1.72. The van der Waals surface area contributed by atoms with E-state index in [-0.39, 0.29) is 17.7 Å². The number of hydrogen-bond donors (Lipinski definition) is 0. The molecule has 1 aliphatic heterocycles. The fourth-order valence-electron chi connectivity index (χ4n) is 2.69. The molecule has 1 aromatic rings. The summed E-state index contributed by atoms with van der Waals surface area (Å²) in [6.45, 7) is 2.55. The number of hydrogen-bond acceptors (Lipinski definition) is 4. The third-order valence-electron chi connectivity index (χ3n) is 3.94. The van der Waals surface area contributed by atoms with Crippen LogP contribution in [0.15, 0.2) is 12.4 Å². The molecule has 1 fully saturated rings. The van der Waals surface area contributed by atoms with Crippen molar-refractivity contribution in [3.63, 3.8) is 0 Å². The minimum Gasteiger partial charge on any atom is -0.341 e. The standard InChI is InChI=1S/C15H25N5O2/c1-17(2)5-6-20-11-13(7-14(20)21)15(22)18(3)9-12-8-16-19(4)10-12/h8,10,13H,5-7,9,11H2,1-4H3/t13-/m1/s1. The van der Waals surface area contributed by atoms with Crippen molar-refractivity contribution in [3.8, 4) is 0 Å². The highest BCUT2D eigenvalue weighted by atomic mass is 16.2. The fraction of sp³-hybridized carbons (Fsp3) is 0.667. The Morgan fingerprint density at radius 3 is 2.73 bits per heavy atom. The van der Waals surface area contributed by atoms with E-state index in [1.807, 2.05) is 32.2 Å². The first-order chi connectivity index (χ1) is 10.4. The second-order valence-electron chi connectivity index (χ2n) is 6.26. The maximum absolute atomic E-state index is 12.5. The summed E-state index contributed by atoms with van der Waals surface area (Å²) in [6, 6.07) is 0.